The molecular formula is C25H32ClFO6. The van der Waals surface area contributed by atoms with Gasteiger partial charge in [-0.1, -0.05) is 44.2 Å². The zero-order chi connectivity index (χ0) is 24.4. The summed E-state index contributed by atoms with van der Waals surface area (Å²) in [5.74, 6) is -0.163. The predicted molar refractivity (Wildman–Crippen MR) is 124 cm³/mol. The van der Waals surface area contributed by atoms with Crippen LogP contribution in [-0.4, -0.2) is 56.0 Å². The summed E-state index contributed by atoms with van der Waals surface area (Å²) in [6.45, 7) is 6.24. The number of hydrogen-bond acceptors (Lipinski definition) is 6. The summed E-state index contributed by atoms with van der Waals surface area (Å²) in [4.78, 5) is 22.1. The second kappa shape index (κ2) is 12.8. The lowest BCUT2D eigenvalue weighted by molar-refractivity contribution is -0.149. The molecule has 6 nitrogen and oxygen atoms in total. The summed E-state index contributed by atoms with van der Waals surface area (Å²) in [5.41, 5.74) is 1.98. The van der Waals surface area contributed by atoms with Gasteiger partial charge in [-0.25, -0.2) is 4.39 Å². The van der Waals surface area contributed by atoms with E-state index in [9.17, 15) is 14.0 Å². The molecule has 0 N–H and O–H groups in total. The van der Waals surface area contributed by atoms with E-state index >= 15 is 0 Å². The van der Waals surface area contributed by atoms with Crippen molar-refractivity contribution < 1.29 is 32.9 Å². The van der Waals surface area contributed by atoms with Crippen LogP contribution >= 0.6 is 11.6 Å². The van der Waals surface area contributed by atoms with Crippen molar-refractivity contribution in [2.24, 2.45) is 0 Å². The first kappa shape index (κ1) is 26.9. The third kappa shape index (κ3) is 8.48. The normalized spacial score (nSPS) is 17.6. The molecule has 0 amide bonds. The number of rotatable bonds is 12. The first-order valence-electron chi connectivity index (χ1n) is 10.9. The molecule has 0 bridgehead atoms. The Morgan fingerprint density at radius 3 is 2.24 bits per heavy atom. The van der Waals surface area contributed by atoms with Crippen LogP contribution in [0, 0.1) is 0 Å². The minimum Gasteiger partial charge on any atom is -0.490 e. The Labute approximate surface area is 199 Å². The standard InChI is InChI=1S/C25H32ClFO6/c1-17(28)32-23(13-26)15-30-21-9-5-19(6-10-21)25(3,4)20-7-11-22(12-8-20)31-16-24(14-27)33-18(2)29/h5-9,11-12,21,23-24H,10,13-16H2,1-4H3/t21?,23-,24-/m0/s1. The second-order valence-corrected chi connectivity index (χ2v) is 8.67. The molecule has 1 unspecified atom stereocenters. The van der Waals surface area contributed by atoms with Gasteiger partial charge in [-0.15, -0.1) is 11.6 Å². The molecule has 0 saturated carbocycles. The molecule has 1 aliphatic rings. The third-order valence-corrected chi connectivity index (χ3v) is 5.64. The zero-order valence-corrected chi connectivity index (χ0v) is 20.3. The highest BCUT2D eigenvalue weighted by Gasteiger charge is 2.26. The summed E-state index contributed by atoms with van der Waals surface area (Å²) in [6, 6.07) is 7.57. The molecule has 0 fully saturated rings. The van der Waals surface area contributed by atoms with E-state index in [1.165, 1.54) is 13.8 Å². The third-order valence-electron chi connectivity index (χ3n) is 5.30. The average molecular weight is 483 g/mol. The minimum atomic E-state index is -0.917. The van der Waals surface area contributed by atoms with Gasteiger partial charge in [0.15, 0.2) is 6.10 Å². The van der Waals surface area contributed by atoms with E-state index < -0.39 is 24.9 Å². The molecule has 0 aromatic heterocycles. The molecule has 0 radical (unpaired) electrons. The Kier molecular flexibility index (Phi) is 10.4. The summed E-state index contributed by atoms with van der Waals surface area (Å²) >= 11 is 5.82. The number of allylic oxidation sites excluding steroid dienone is 2. The van der Waals surface area contributed by atoms with Crippen molar-refractivity contribution in [1.29, 1.82) is 0 Å². The predicted octanol–water partition coefficient (Wildman–Crippen LogP) is 4.69. The molecule has 1 aromatic rings. The van der Waals surface area contributed by atoms with Crippen molar-refractivity contribution in [3.8, 4) is 5.75 Å². The van der Waals surface area contributed by atoms with Gasteiger partial charge in [0.1, 0.15) is 25.1 Å². The average Bonchev–Trinajstić information content (AvgIpc) is 2.79. The summed E-state index contributed by atoms with van der Waals surface area (Å²) in [5, 5.41) is 0. The van der Waals surface area contributed by atoms with E-state index in [1.807, 2.05) is 36.4 Å². The van der Waals surface area contributed by atoms with E-state index in [-0.39, 0.29) is 36.6 Å². The number of halogens is 2. The van der Waals surface area contributed by atoms with Gasteiger partial charge in [0.2, 0.25) is 0 Å². The second-order valence-electron chi connectivity index (χ2n) is 8.36. The molecule has 0 spiro atoms. The molecule has 3 atom stereocenters. The van der Waals surface area contributed by atoms with Gasteiger partial charge in [0.05, 0.1) is 18.6 Å². The van der Waals surface area contributed by atoms with Crippen molar-refractivity contribution in [2.75, 3.05) is 25.8 Å². The molecule has 1 aromatic carbocycles. The Balaban J connectivity index is 1.92. The fourth-order valence-electron chi connectivity index (χ4n) is 3.43. The van der Waals surface area contributed by atoms with Crippen molar-refractivity contribution in [2.45, 2.75) is 57.8 Å². The van der Waals surface area contributed by atoms with Gasteiger partial charge in [-0.2, -0.15) is 0 Å². The summed E-state index contributed by atoms with van der Waals surface area (Å²) in [7, 11) is 0. The minimum absolute atomic E-state index is 0.0455. The largest absolute Gasteiger partial charge is 0.490 e. The van der Waals surface area contributed by atoms with Crippen LogP contribution in [0.4, 0.5) is 4.39 Å². The maximum Gasteiger partial charge on any atom is 0.303 e. The number of benzene rings is 1. The van der Waals surface area contributed by atoms with Crippen molar-refractivity contribution in [3.63, 3.8) is 0 Å². The van der Waals surface area contributed by atoms with E-state index in [4.69, 9.17) is 30.5 Å². The molecule has 182 valence electrons. The highest BCUT2D eigenvalue weighted by Crippen LogP contribution is 2.35. The fraction of sp³-hybridized carbons (Fsp3) is 0.520. The quantitative estimate of drug-likeness (QED) is 0.318. The van der Waals surface area contributed by atoms with Crippen molar-refractivity contribution in [1.82, 2.24) is 0 Å². The SMILES string of the molecule is CC(=O)O[C@@H](CF)COc1ccc(C(C)(C)C2=CCC(OC[C@H](CCl)OC(C)=O)C=C2)cc1. The van der Waals surface area contributed by atoms with Crippen LogP contribution in [-0.2, 0) is 29.2 Å². The van der Waals surface area contributed by atoms with Gasteiger partial charge in [-0.05, 0) is 29.7 Å². The van der Waals surface area contributed by atoms with E-state index in [2.05, 4.69) is 19.9 Å². The molecule has 33 heavy (non-hydrogen) atoms. The fourth-order valence-corrected chi connectivity index (χ4v) is 3.58. The molecule has 1 aliphatic carbocycles. The topological polar surface area (TPSA) is 71.1 Å². The van der Waals surface area contributed by atoms with Gasteiger partial charge in [-0.3, -0.25) is 9.59 Å². The summed E-state index contributed by atoms with van der Waals surface area (Å²) in [6.07, 6.45) is 5.40. The van der Waals surface area contributed by atoms with Crippen LogP contribution in [0.3, 0.4) is 0 Å². The number of hydrogen-bond donors (Lipinski definition) is 0. The Morgan fingerprint density at radius 1 is 1.09 bits per heavy atom. The maximum absolute atomic E-state index is 12.9. The lowest BCUT2D eigenvalue weighted by atomic mass is 9.75. The Hall–Kier alpha value is -2.38. The highest BCUT2D eigenvalue weighted by atomic mass is 35.5. The molecule has 0 heterocycles. The van der Waals surface area contributed by atoms with Crippen LogP contribution in [0.15, 0.2) is 48.1 Å². The van der Waals surface area contributed by atoms with Gasteiger partial charge >= 0.3 is 11.9 Å². The monoisotopic (exact) mass is 482 g/mol. The number of ether oxygens (including phenoxy) is 4. The van der Waals surface area contributed by atoms with Crippen LogP contribution < -0.4 is 4.74 Å². The highest BCUT2D eigenvalue weighted by molar-refractivity contribution is 6.18. The molecule has 2 rings (SSSR count). The zero-order valence-electron chi connectivity index (χ0n) is 19.5. The molecule has 8 heteroatoms. The van der Waals surface area contributed by atoms with Crippen LogP contribution in [0.1, 0.15) is 39.7 Å². The first-order valence-corrected chi connectivity index (χ1v) is 11.4. The smallest absolute Gasteiger partial charge is 0.303 e. The van der Waals surface area contributed by atoms with E-state index in [0.29, 0.717) is 12.2 Å². The Morgan fingerprint density at radius 2 is 1.73 bits per heavy atom. The number of carbonyl (C=O) groups is 2. The van der Waals surface area contributed by atoms with Gasteiger partial charge < -0.3 is 18.9 Å². The van der Waals surface area contributed by atoms with Gasteiger partial charge in [0.25, 0.3) is 0 Å². The molecular weight excluding hydrogens is 451 g/mol. The van der Waals surface area contributed by atoms with Crippen LogP contribution in [0.25, 0.3) is 0 Å². The van der Waals surface area contributed by atoms with E-state index in [1.54, 1.807) is 0 Å². The van der Waals surface area contributed by atoms with E-state index in [0.717, 1.165) is 11.1 Å². The summed E-state index contributed by atoms with van der Waals surface area (Å²) < 4.78 is 34.3. The van der Waals surface area contributed by atoms with Crippen LogP contribution in [0.2, 0.25) is 0 Å². The lowest BCUT2D eigenvalue weighted by Crippen LogP contribution is -2.28. The first-order chi connectivity index (χ1) is 15.6. The van der Waals surface area contributed by atoms with Crippen molar-refractivity contribution >= 4 is 23.5 Å². The number of alkyl halides is 2. The van der Waals surface area contributed by atoms with Gasteiger partial charge in [0, 0.05) is 19.3 Å². The number of carbonyl (C=O) groups excluding carboxylic acids is 2. The van der Waals surface area contributed by atoms with Crippen LogP contribution in [0.5, 0.6) is 5.75 Å². The molecule has 0 saturated heterocycles. The Bertz CT molecular complexity index is 849. The maximum atomic E-state index is 12.9. The lowest BCUT2D eigenvalue weighted by Gasteiger charge is -2.30. The number of esters is 2. The molecule has 0 aliphatic heterocycles. The van der Waals surface area contributed by atoms with Crippen molar-refractivity contribution in [3.05, 3.63) is 53.6 Å².